The fourth-order valence-corrected chi connectivity index (χ4v) is 3.70. The number of morpholine rings is 1. The molecule has 1 aliphatic heterocycles. The second-order valence-electron chi connectivity index (χ2n) is 7.51. The van der Waals surface area contributed by atoms with Gasteiger partial charge in [-0.3, -0.25) is 14.2 Å². The third kappa shape index (κ3) is 4.90. The molecule has 0 bridgehead atoms. The highest BCUT2D eigenvalue weighted by Crippen LogP contribution is 2.29. The van der Waals surface area contributed by atoms with E-state index in [1.165, 1.54) is 4.90 Å². The molecule has 3 aromatic rings. The number of nitrogens with zero attached hydrogens (tertiary/aromatic N) is 4. The maximum absolute atomic E-state index is 13.2. The summed E-state index contributed by atoms with van der Waals surface area (Å²) in [6.45, 7) is 0.800. The Morgan fingerprint density at radius 3 is 2.35 bits per heavy atom. The summed E-state index contributed by atoms with van der Waals surface area (Å²) in [5.74, 6) is -0.700. The summed E-state index contributed by atoms with van der Waals surface area (Å²) in [6.07, 6.45) is -4.57. The zero-order valence-electron chi connectivity index (χ0n) is 17.6. The SMILES string of the molecule is O=C(c1nn(-c2ccc(C(F)(F)F)cc2)c(=O)n(Cc2cccc(Cl)c2)c1=O)N1CCOCC1. The monoisotopic (exact) mass is 494 g/mol. The van der Waals surface area contributed by atoms with E-state index in [-0.39, 0.29) is 38.5 Å². The molecule has 4 rings (SSSR count). The van der Waals surface area contributed by atoms with Crippen LogP contribution in [0, 0.1) is 0 Å². The van der Waals surface area contributed by atoms with Gasteiger partial charge < -0.3 is 9.64 Å². The fraction of sp³-hybridized carbons (Fsp3) is 0.273. The van der Waals surface area contributed by atoms with Crippen molar-refractivity contribution in [3.05, 3.63) is 91.2 Å². The van der Waals surface area contributed by atoms with Crippen LogP contribution in [0.5, 0.6) is 0 Å². The highest BCUT2D eigenvalue weighted by molar-refractivity contribution is 6.30. The zero-order valence-corrected chi connectivity index (χ0v) is 18.3. The van der Waals surface area contributed by atoms with Crippen molar-refractivity contribution in [1.29, 1.82) is 0 Å². The first-order chi connectivity index (χ1) is 16.1. The quantitative estimate of drug-likeness (QED) is 0.556. The van der Waals surface area contributed by atoms with Crippen molar-refractivity contribution in [2.24, 2.45) is 0 Å². The van der Waals surface area contributed by atoms with Crippen molar-refractivity contribution >= 4 is 17.5 Å². The van der Waals surface area contributed by atoms with Gasteiger partial charge in [-0.25, -0.2) is 4.79 Å². The van der Waals surface area contributed by atoms with E-state index in [1.54, 1.807) is 24.3 Å². The van der Waals surface area contributed by atoms with Gasteiger partial charge in [0.1, 0.15) is 0 Å². The van der Waals surface area contributed by atoms with Gasteiger partial charge in [-0.1, -0.05) is 23.7 Å². The molecule has 178 valence electrons. The first-order valence-electron chi connectivity index (χ1n) is 10.2. The summed E-state index contributed by atoms with van der Waals surface area (Å²) in [5, 5.41) is 4.34. The second kappa shape index (κ2) is 9.43. The van der Waals surface area contributed by atoms with Crippen LogP contribution in [0.15, 0.2) is 58.1 Å². The molecule has 1 amide bonds. The third-order valence-electron chi connectivity index (χ3n) is 5.23. The lowest BCUT2D eigenvalue weighted by molar-refractivity contribution is -0.137. The number of amides is 1. The number of aromatic nitrogens is 3. The summed E-state index contributed by atoms with van der Waals surface area (Å²) in [6, 6.07) is 10.1. The molecule has 0 saturated carbocycles. The first kappa shape index (κ1) is 23.7. The average Bonchev–Trinajstić information content (AvgIpc) is 2.82. The summed E-state index contributed by atoms with van der Waals surface area (Å²) in [5.41, 5.74) is -2.78. The van der Waals surface area contributed by atoms with E-state index in [0.29, 0.717) is 10.6 Å². The number of rotatable bonds is 4. The number of hydrogen-bond acceptors (Lipinski definition) is 5. The lowest BCUT2D eigenvalue weighted by Gasteiger charge is -2.26. The molecule has 0 N–H and O–H groups in total. The van der Waals surface area contributed by atoms with Crippen molar-refractivity contribution in [2.45, 2.75) is 12.7 Å². The van der Waals surface area contributed by atoms with E-state index in [4.69, 9.17) is 16.3 Å². The minimum absolute atomic E-state index is 0.0335. The number of hydrogen-bond donors (Lipinski definition) is 0. The van der Waals surface area contributed by atoms with Crippen molar-refractivity contribution < 1.29 is 22.7 Å². The molecule has 1 saturated heterocycles. The van der Waals surface area contributed by atoms with E-state index >= 15 is 0 Å². The van der Waals surface area contributed by atoms with Gasteiger partial charge in [0.15, 0.2) is 0 Å². The number of alkyl halides is 3. The van der Waals surface area contributed by atoms with Crippen LogP contribution in [0.25, 0.3) is 5.69 Å². The van der Waals surface area contributed by atoms with Crippen LogP contribution < -0.4 is 11.2 Å². The molecule has 2 aromatic carbocycles. The lowest BCUT2D eigenvalue weighted by atomic mass is 10.2. The molecular weight excluding hydrogens is 477 g/mol. The maximum atomic E-state index is 13.2. The van der Waals surface area contributed by atoms with Crippen LogP contribution in [0.1, 0.15) is 21.6 Å². The van der Waals surface area contributed by atoms with E-state index in [0.717, 1.165) is 33.5 Å². The number of benzene rings is 2. The first-order valence-corrected chi connectivity index (χ1v) is 10.6. The smallest absolute Gasteiger partial charge is 0.378 e. The summed E-state index contributed by atoms with van der Waals surface area (Å²) < 4.78 is 45.7. The van der Waals surface area contributed by atoms with Crippen LogP contribution in [0.4, 0.5) is 13.2 Å². The minimum Gasteiger partial charge on any atom is -0.378 e. The zero-order chi connectivity index (χ0) is 24.5. The van der Waals surface area contributed by atoms with Gasteiger partial charge in [0.05, 0.1) is 31.0 Å². The molecule has 1 aliphatic rings. The lowest BCUT2D eigenvalue weighted by Crippen LogP contribution is -2.48. The van der Waals surface area contributed by atoms with Gasteiger partial charge in [-0.15, -0.1) is 0 Å². The van der Waals surface area contributed by atoms with E-state index < -0.39 is 34.6 Å². The highest BCUT2D eigenvalue weighted by Gasteiger charge is 2.30. The van der Waals surface area contributed by atoms with Gasteiger partial charge in [0.25, 0.3) is 11.5 Å². The molecule has 34 heavy (non-hydrogen) atoms. The fourth-order valence-electron chi connectivity index (χ4n) is 3.48. The Hall–Kier alpha value is -3.44. The molecule has 2 heterocycles. The molecular formula is C22H18ClF3N4O4. The van der Waals surface area contributed by atoms with Gasteiger partial charge in [-0.2, -0.15) is 23.0 Å². The Labute approximate surface area is 195 Å². The molecule has 0 spiro atoms. The van der Waals surface area contributed by atoms with Crippen molar-refractivity contribution in [2.75, 3.05) is 26.3 Å². The summed E-state index contributed by atoms with van der Waals surface area (Å²) >= 11 is 6.01. The van der Waals surface area contributed by atoms with Crippen molar-refractivity contribution in [1.82, 2.24) is 19.2 Å². The van der Waals surface area contributed by atoms with Gasteiger partial charge in [0.2, 0.25) is 5.69 Å². The van der Waals surface area contributed by atoms with Gasteiger partial charge >= 0.3 is 11.9 Å². The molecule has 0 aliphatic carbocycles. The van der Waals surface area contributed by atoms with Crippen LogP contribution in [-0.4, -0.2) is 51.5 Å². The molecule has 0 radical (unpaired) electrons. The predicted molar refractivity (Wildman–Crippen MR) is 116 cm³/mol. The highest BCUT2D eigenvalue weighted by atomic mass is 35.5. The van der Waals surface area contributed by atoms with E-state index in [9.17, 15) is 27.6 Å². The Kier molecular flexibility index (Phi) is 6.58. The third-order valence-corrected chi connectivity index (χ3v) is 5.46. The normalized spacial score (nSPS) is 14.3. The Morgan fingerprint density at radius 2 is 1.74 bits per heavy atom. The predicted octanol–water partition coefficient (Wildman–Crippen LogP) is 2.59. The molecule has 0 atom stereocenters. The number of carbonyl (C=O) groups is 1. The van der Waals surface area contributed by atoms with Crippen LogP contribution in [0.3, 0.4) is 0 Å². The Balaban J connectivity index is 1.85. The van der Waals surface area contributed by atoms with E-state index in [2.05, 4.69) is 5.10 Å². The number of carbonyl (C=O) groups excluding carboxylic acids is 1. The van der Waals surface area contributed by atoms with Crippen molar-refractivity contribution in [3.63, 3.8) is 0 Å². The molecule has 8 nitrogen and oxygen atoms in total. The van der Waals surface area contributed by atoms with Crippen LogP contribution >= 0.6 is 11.6 Å². The number of ether oxygens (including phenoxy) is 1. The standard InChI is InChI=1S/C22H18ClF3N4O4/c23-16-3-1-2-14(12-16)13-29-20(32)18(19(31)28-8-10-34-11-9-28)27-30(21(29)33)17-6-4-15(5-7-17)22(24,25)26/h1-7,12H,8-11,13H2. The van der Waals surface area contributed by atoms with Gasteiger partial charge in [0, 0.05) is 18.1 Å². The summed E-state index contributed by atoms with van der Waals surface area (Å²) in [7, 11) is 0. The topological polar surface area (TPSA) is 86.4 Å². The second-order valence-corrected chi connectivity index (χ2v) is 7.95. The molecule has 1 fully saturated rings. The maximum Gasteiger partial charge on any atom is 0.416 e. The molecule has 0 unspecified atom stereocenters. The Bertz CT molecular complexity index is 1330. The van der Waals surface area contributed by atoms with Crippen molar-refractivity contribution in [3.8, 4) is 5.69 Å². The van der Waals surface area contributed by atoms with E-state index in [1.807, 2.05) is 0 Å². The largest absolute Gasteiger partial charge is 0.416 e. The van der Waals surface area contributed by atoms with Crippen LogP contribution in [-0.2, 0) is 17.5 Å². The number of halogens is 4. The van der Waals surface area contributed by atoms with Gasteiger partial charge in [-0.05, 0) is 42.0 Å². The minimum atomic E-state index is -4.57. The Morgan fingerprint density at radius 1 is 1.06 bits per heavy atom. The van der Waals surface area contributed by atoms with Crippen LogP contribution in [0.2, 0.25) is 5.02 Å². The molecule has 1 aromatic heterocycles. The summed E-state index contributed by atoms with van der Waals surface area (Å²) in [4.78, 5) is 40.8. The average molecular weight is 495 g/mol. The molecule has 12 heteroatoms.